The Hall–Kier alpha value is -2.92. The number of aromatic nitrogens is 2. The van der Waals surface area contributed by atoms with Crippen molar-refractivity contribution in [2.45, 2.75) is 47.1 Å². The molecule has 4 aromatic rings. The number of halogens is 1. The summed E-state index contributed by atoms with van der Waals surface area (Å²) in [6.45, 7) is 9.62. The number of nitrogens with zero attached hydrogens (tertiary/aromatic N) is 2. The van der Waals surface area contributed by atoms with E-state index in [9.17, 15) is 4.79 Å². The highest BCUT2D eigenvalue weighted by Crippen LogP contribution is 2.27. The Morgan fingerprint density at radius 3 is 2.48 bits per heavy atom. The SMILES string of the molecule is CCCN(Cc1cc(-c2ccc3nc(C)[nH]c3c2)ccc1C)C(=O)c1ccc(Br)cc1CC. The van der Waals surface area contributed by atoms with Gasteiger partial charge in [0.1, 0.15) is 5.82 Å². The first-order valence-electron chi connectivity index (χ1n) is 11.5. The Morgan fingerprint density at radius 1 is 0.970 bits per heavy atom. The van der Waals surface area contributed by atoms with Crippen molar-refractivity contribution in [3.63, 3.8) is 0 Å². The van der Waals surface area contributed by atoms with Gasteiger partial charge in [-0.1, -0.05) is 48.0 Å². The largest absolute Gasteiger partial charge is 0.342 e. The predicted molar refractivity (Wildman–Crippen MR) is 140 cm³/mol. The van der Waals surface area contributed by atoms with Crippen LogP contribution in [0.1, 0.15) is 53.1 Å². The fraction of sp³-hybridized carbons (Fsp3) is 0.286. The Labute approximate surface area is 204 Å². The van der Waals surface area contributed by atoms with Gasteiger partial charge >= 0.3 is 0 Å². The average Bonchev–Trinajstić information content (AvgIpc) is 3.18. The first kappa shape index (κ1) is 23.2. The number of H-pyrrole nitrogens is 1. The normalized spacial score (nSPS) is 11.2. The molecule has 5 heteroatoms. The third-order valence-electron chi connectivity index (χ3n) is 6.10. The van der Waals surface area contributed by atoms with Gasteiger partial charge in [0.15, 0.2) is 0 Å². The number of amides is 1. The topological polar surface area (TPSA) is 49.0 Å². The molecule has 0 spiro atoms. The van der Waals surface area contributed by atoms with Crippen LogP contribution in [0.3, 0.4) is 0 Å². The number of imidazole rings is 1. The van der Waals surface area contributed by atoms with Gasteiger partial charge in [-0.05, 0) is 90.9 Å². The van der Waals surface area contributed by atoms with Crippen molar-refractivity contribution in [2.24, 2.45) is 0 Å². The first-order valence-corrected chi connectivity index (χ1v) is 12.3. The van der Waals surface area contributed by atoms with E-state index in [2.05, 4.69) is 89.1 Å². The molecular weight excluding hydrogens is 474 g/mol. The quantitative estimate of drug-likeness (QED) is 0.289. The zero-order chi connectivity index (χ0) is 23.5. The van der Waals surface area contributed by atoms with Crippen molar-refractivity contribution < 1.29 is 4.79 Å². The average molecular weight is 504 g/mol. The minimum atomic E-state index is 0.0976. The number of carbonyl (C=O) groups is 1. The van der Waals surface area contributed by atoms with Crippen LogP contribution in [-0.4, -0.2) is 27.3 Å². The van der Waals surface area contributed by atoms with Crippen LogP contribution in [0, 0.1) is 13.8 Å². The van der Waals surface area contributed by atoms with Crippen LogP contribution in [0.5, 0.6) is 0 Å². The zero-order valence-corrected chi connectivity index (χ0v) is 21.3. The summed E-state index contributed by atoms with van der Waals surface area (Å²) in [7, 11) is 0. The van der Waals surface area contributed by atoms with E-state index < -0.39 is 0 Å². The fourth-order valence-electron chi connectivity index (χ4n) is 4.30. The Morgan fingerprint density at radius 2 is 1.73 bits per heavy atom. The van der Waals surface area contributed by atoms with Crippen LogP contribution in [0.2, 0.25) is 0 Å². The predicted octanol–water partition coefficient (Wildman–Crippen LogP) is 7.22. The highest BCUT2D eigenvalue weighted by atomic mass is 79.9. The van der Waals surface area contributed by atoms with E-state index in [-0.39, 0.29) is 5.91 Å². The van der Waals surface area contributed by atoms with E-state index in [1.807, 2.05) is 24.0 Å². The van der Waals surface area contributed by atoms with E-state index >= 15 is 0 Å². The lowest BCUT2D eigenvalue weighted by molar-refractivity contribution is 0.0742. The van der Waals surface area contributed by atoms with Gasteiger partial charge in [-0.2, -0.15) is 0 Å². The molecule has 0 aliphatic carbocycles. The second-order valence-corrected chi connectivity index (χ2v) is 9.49. The van der Waals surface area contributed by atoms with Crippen molar-refractivity contribution in [2.75, 3.05) is 6.54 Å². The summed E-state index contributed by atoms with van der Waals surface area (Å²) in [5.41, 5.74) is 8.53. The Bertz CT molecular complexity index is 1310. The summed E-state index contributed by atoms with van der Waals surface area (Å²) in [6, 6.07) is 18.8. The van der Waals surface area contributed by atoms with E-state index in [0.717, 1.165) is 63.0 Å². The summed E-state index contributed by atoms with van der Waals surface area (Å²) in [5, 5.41) is 0. The number of carbonyl (C=O) groups excluding carboxylic acids is 1. The molecule has 0 saturated carbocycles. The summed E-state index contributed by atoms with van der Waals surface area (Å²) >= 11 is 3.53. The van der Waals surface area contributed by atoms with Gasteiger partial charge in [0, 0.05) is 23.1 Å². The lowest BCUT2D eigenvalue weighted by Crippen LogP contribution is -2.32. The molecule has 3 aromatic carbocycles. The van der Waals surface area contributed by atoms with Crippen molar-refractivity contribution in [3.8, 4) is 11.1 Å². The minimum Gasteiger partial charge on any atom is -0.342 e. The number of fused-ring (bicyclic) bond motifs is 1. The minimum absolute atomic E-state index is 0.0976. The van der Waals surface area contributed by atoms with Crippen molar-refractivity contribution >= 4 is 32.9 Å². The highest BCUT2D eigenvalue weighted by molar-refractivity contribution is 9.10. The van der Waals surface area contributed by atoms with Gasteiger partial charge in [-0.15, -0.1) is 0 Å². The van der Waals surface area contributed by atoms with E-state index in [1.165, 1.54) is 11.1 Å². The molecule has 0 aliphatic heterocycles. The highest BCUT2D eigenvalue weighted by Gasteiger charge is 2.19. The Kier molecular flexibility index (Phi) is 6.99. The molecule has 1 N–H and O–H groups in total. The molecule has 0 unspecified atom stereocenters. The Balaban J connectivity index is 1.66. The van der Waals surface area contributed by atoms with Gasteiger partial charge in [0.25, 0.3) is 5.91 Å². The number of hydrogen-bond donors (Lipinski definition) is 1. The number of aryl methyl sites for hydroxylation is 3. The maximum atomic E-state index is 13.5. The number of hydrogen-bond acceptors (Lipinski definition) is 2. The lowest BCUT2D eigenvalue weighted by atomic mass is 9.98. The van der Waals surface area contributed by atoms with E-state index in [4.69, 9.17) is 0 Å². The smallest absolute Gasteiger partial charge is 0.254 e. The van der Waals surface area contributed by atoms with Crippen LogP contribution in [0.4, 0.5) is 0 Å². The second-order valence-electron chi connectivity index (χ2n) is 8.58. The second kappa shape index (κ2) is 9.92. The molecule has 0 fully saturated rings. The molecule has 4 rings (SSSR count). The van der Waals surface area contributed by atoms with Crippen LogP contribution in [-0.2, 0) is 13.0 Å². The van der Waals surface area contributed by atoms with Gasteiger partial charge in [-0.3, -0.25) is 4.79 Å². The standard InChI is InChI=1S/C28H30BrN3O/c1-5-13-32(28(33)25-11-10-24(29)15-20(25)6-2)17-23-14-21(8-7-18(23)3)22-9-12-26-27(16-22)31-19(4)30-26/h7-12,14-16H,5-6,13,17H2,1-4H3,(H,30,31). The molecule has 4 nitrogen and oxygen atoms in total. The molecule has 0 saturated heterocycles. The van der Waals surface area contributed by atoms with Gasteiger partial charge in [0.05, 0.1) is 11.0 Å². The molecule has 170 valence electrons. The number of aromatic amines is 1. The maximum Gasteiger partial charge on any atom is 0.254 e. The van der Waals surface area contributed by atoms with Crippen LogP contribution >= 0.6 is 15.9 Å². The van der Waals surface area contributed by atoms with Crippen LogP contribution in [0.15, 0.2) is 59.1 Å². The van der Waals surface area contributed by atoms with Gasteiger partial charge in [0.2, 0.25) is 0 Å². The molecule has 1 amide bonds. The van der Waals surface area contributed by atoms with Crippen molar-refractivity contribution in [1.82, 2.24) is 14.9 Å². The molecule has 0 bridgehead atoms. The van der Waals surface area contributed by atoms with Crippen molar-refractivity contribution in [1.29, 1.82) is 0 Å². The summed E-state index contributed by atoms with van der Waals surface area (Å²) in [5.74, 6) is 1.01. The monoisotopic (exact) mass is 503 g/mol. The summed E-state index contributed by atoms with van der Waals surface area (Å²) in [4.78, 5) is 23.4. The maximum absolute atomic E-state index is 13.5. The number of rotatable bonds is 7. The molecule has 1 heterocycles. The molecule has 0 aliphatic rings. The molecule has 33 heavy (non-hydrogen) atoms. The van der Waals surface area contributed by atoms with Crippen LogP contribution < -0.4 is 0 Å². The number of benzene rings is 3. The molecular formula is C28H30BrN3O. The first-order chi connectivity index (χ1) is 15.9. The number of nitrogens with one attached hydrogen (secondary N) is 1. The van der Waals surface area contributed by atoms with Crippen molar-refractivity contribution in [3.05, 3.63) is 87.1 Å². The fourth-order valence-corrected chi connectivity index (χ4v) is 4.71. The van der Waals surface area contributed by atoms with E-state index in [0.29, 0.717) is 6.54 Å². The lowest BCUT2D eigenvalue weighted by Gasteiger charge is -2.25. The molecule has 1 aromatic heterocycles. The molecule has 0 atom stereocenters. The summed E-state index contributed by atoms with van der Waals surface area (Å²) in [6.07, 6.45) is 1.74. The van der Waals surface area contributed by atoms with Gasteiger partial charge in [-0.25, -0.2) is 4.98 Å². The van der Waals surface area contributed by atoms with Gasteiger partial charge < -0.3 is 9.88 Å². The van der Waals surface area contributed by atoms with E-state index in [1.54, 1.807) is 0 Å². The molecule has 0 radical (unpaired) electrons. The third-order valence-corrected chi connectivity index (χ3v) is 6.60. The zero-order valence-electron chi connectivity index (χ0n) is 19.7. The summed E-state index contributed by atoms with van der Waals surface area (Å²) < 4.78 is 1.01. The van der Waals surface area contributed by atoms with Crippen LogP contribution in [0.25, 0.3) is 22.2 Å². The third kappa shape index (κ3) is 5.03.